The first kappa shape index (κ1) is 14.6. The van der Waals surface area contributed by atoms with Gasteiger partial charge in [-0.05, 0) is 19.1 Å². The Bertz CT molecular complexity index is 656. The van der Waals surface area contributed by atoms with Gasteiger partial charge in [-0.2, -0.15) is 0 Å². The third-order valence-corrected chi connectivity index (χ3v) is 4.24. The molecular formula is C16H17NO5. The van der Waals surface area contributed by atoms with Gasteiger partial charge in [0.15, 0.2) is 0 Å². The highest BCUT2D eigenvalue weighted by Gasteiger charge is 2.59. The number of rotatable bonds is 4. The topological polar surface area (TPSA) is 84.9 Å². The summed E-state index contributed by atoms with van der Waals surface area (Å²) in [5.74, 6) is -2.42. The van der Waals surface area contributed by atoms with Crippen molar-refractivity contribution < 1.29 is 24.2 Å². The van der Waals surface area contributed by atoms with Gasteiger partial charge >= 0.3 is 5.97 Å². The lowest BCUT2D eigenvalue weighted by atomic mass is 9.75. The molecular weight excluding hydrogens is 286 g/mol. The molecule has 1 aromatic rings. The number of benzene rings is 1. The van der Waals surface area contributed by atoms with Crippen molar-refractivity contribution in [2.75, 3.05) is 12.4 Å². The summed E-state index contributed by atoms with van der Waals surface area (Å²) in [5.41, 5.74) is -0.319. The molecule has 0 radical (unpaired) electrons. The van der Waals surface area contributed by atoms with Crippen molar-refractivity contribution >= 4 is 17.6 Å². The maximum absolute atomic E-state index is 12.6. The second-order valence-corrected chi connectivity index (χ2v) is 5.69. The van der Waals surface area contributed by atoms with Crippen LogP contribution in [0.5, 0.6) is 5.75 Å². The SMILES string of the molecule is COc1cccc(NC(=O)[C@H]2[C@H](C(=O)O)[C@H]3C=C[C@@]2(C)O3)c1. The fourth-order valence-electron chi connectivity index (χ4n) is 3.20. The molecule has 0 saturated carbocycles. The van der Waals surface area contributed by atoms with Gasteiger partial charge in [0.05, 0.1) is 24.7 Å². The summed E-state index contributed by atoms with van der Waals surface area (Å²) in [6.07, 6.45) is 2.93. The van der Waals surface area contributed by atoms with Crippen molar-refractivity contribution in [1.82, 2.24) is 0 Å². The number of ether oxygens (including phenoxy) is 2. The molecule has 2 heterocycles. The zero-order valence-corrected chi connectivity index (χ0v) is 12.3. The lowest BCUT2D eigenvalue weighted by molar-refractivity contribution is -0.146. The number of hydrogen-bond acceptors (Lipinski definition) is 4. The Morgan fingerprint density at radius 1 is 1.41 bits per heavy atom. The molecule has 0 unspecified atom stereocenters. The highest BCUT2D eigenvalue weighted by atomic mass is 16.5. The van der Waals surface area contributed by atoms with Crippen LogP contribution >= 0.6 is 0 Å². The zero-order valence-electron chi connectivity index (χ0n) is 12.3. The molecule has 2 bridgehead atoms. The molecule has 3 rings (SSSR count). The zero-order chi connectivity index (χ0) is 15.9. The van der Waals surface area contributed by atoms with Crippen LogP contribution in [0.4, 0.5) is 5.69 Å². The van der Waals surface area contributed by atoms with Gasteiger partial charge in [0.25, 0.3) is 0 Å². The number of methoxy groups -OCH3 is 1. The minimum Gasteiger partial charge on any atom is -0.497 e. The predicted octanol–water partition coefficient (Wildman–Crippen LogP) is 1.68. The third kappa shape index (κ3) is 2.25. The largest absolute Gasteiger partial charge is 0.497 e. The highest BCUT2D eigenvalue weighted by molar-refractivity contribution is 5.97. The molecule has 0 aromatic heterocycles. The van der Waals surface area contributed by atoms with Gasteiger partial charge in [-0.25, -0.2) is 0 Å². The molecule has 6 heteroatoms. The monoisotopic (exact) mass is 303 g/mol. The Hall–Kier alpha value is -2.34. The summed E-state index contributed by atoms with van der Waals surface area (Å²) in [7, 11) is 1.54. The summed E-state index contributed by atoms with van der Waals surface area (Å²) in [4.78, 5) is 24.1. The minimum atomic E-state index is -1.02. The first-order valence-corrected chi connectivity index (χ1v) is 6.99. The fraction of sp³-hybridized carbons (Fsp3) is 0.375. The van der Waals surface area contributed by atoms with E-state index in [-0.39, 0.29) is 5.91 Å². The van der Waals surface area contributed by atoms with Gasteiger partial charge in [-0.15, -0.1) is 0 Å². The standard InChI is InChI=1S/C16H17NO5/c1-16-7-6-11(22-16)12(15(19)20)13(16)14(18)17-9-4-3-5-10(8-9)21-2/h3-8,11-13H,1-2H3,(H,17,18)(H,19,20)/t11-,12-,13-,16-/m1/s1. The number of aliphatic carboxylic acids is 1. The number of carbonyl (C=O) groups excluding carboxylic acids is 1. The fourth-order valence-corrected chi connectivity index (χ4v) is 3.20. The molecule has 4 atom stereocenters. The number of amides is 1. The van der Waals surface area contributed by atoms with Crippen LogP contribution in [0, 0.1) is 11.8 Å². The Labute approximate surface area is 127 Å². The summed E-state index contributed by atoms with van der Waals surface area (Å²) >= 11 is 0. The van der Waals surface area contributed by atoms with Crippen molar-refractivity contribution in [2.45, 2.75) is 18.6 Å². The molecule has 2 aliphatic heterocycles. The maximum Gasteiger partial charge on any atom is 0.310 e. The number of carbonyl (C=O) groups is 2. The molecule has 22 heavy (non-hydrogen) atoms. The van der Waals surface area contributed by atoms with Gasteiger partial charge in [0.1, 0.15) is 11.7 Å². The average Bonchev–Trinajstić information content (AvgIpc) is 3.00. The van der Waals surface area contributed by atoms with E-state index in [0.29, 0.717) is 11.4 Å². The Balaban J connectivity index is 1.84. The van der Waals surface area contributed by atoms with Crippen LogP contribution in [0.3, 0.4) is 0 Å². The van der Waals surface area contributed by atoms with Crippen LogP contribution in [0.1, 0.15) is 6.92 Å². The van der Waals surface area contributed by atoms with Gasteiger partial charge < -0.3 is 19.9 Å². The van der Waals surface area contributed by atoms with Crippen LogP contribution in [0.2, 0.25) is 0 Å². The number of carboxylic acids is 1. The van der Waals surface area contributed by atoms with Gasteiger partial charge in [0, 0.05) is 11.8 Å². The van der Waals surface area contributed by atoms with E-state index in [0.717, 1.165) is 0 Å². The van der Waals surface area contributed by atoms with E-state index in [1.165, 1.54) is 7.11 Å². The minimum absolute atomic E-state index is 0.366. The molecule has 1 aromatic carbocycles. The summed E-state index contributed by atoms with van der Waals surface area (Å²) in [6, 6.07) is 6.92. The predicted molar refractivity (Wildman–Crippen MR) is 78.7 cm³/mol. The molecule has 2 aliphatic rings. The second-order valence-electron chi connectivity index (χ2n) is 5.69. The molecule has 116 valence electrons. The van der Waals surface area contributed by atoms with Crippen LogP contribution in [-0.2, 0) is 14.3 Å². The second kappa shape index (κ2) is 5.14. The number of anilines is 1. The normalized spacial score (nSPS) is 32.0. The summed E-state index contributed by atoms with van der Waals surface area (Å²) in [5, 5.41) is 12.2. The number of fused-ring (bicyclic) bond motifs is 2. The van der Waals surface area contributed by atoms with E-state index in [1.54, 1.807) is 43.3 Å². The molecule has 1 fully saturated rings. The number of hydrogen-bond donors (Lipinski definition) is 2. The van der Waals surface area contributed by atoms with Crippen molar-refractivity contribution in [2.24, 2.45) is 11.8 Å². The first-order valence-electron chi connectivity index (χ1n) is 6.99. The van der Waals surface area contributed by atoms with E-state index in [4.69, 9.17) is 9.47 Å². The third-order valence-electron chi connectivity index (χ3n) is 4.24. The van der Waals surface area contributed by atoms with Gasteiger partial charge in [0.2, 0.25) is 5.91 Å². The molecule has 0 spiro atoms. The van der Waals surface area contributed by atoms with Gasteiger partial charge in [-0.1, -0.05) is 18.2 Å². The van der Waals surface area contributed by atoms with Crippen LogP contribution in [0.25, 0.3) is 0 Å². The van der Waals surface area contributed by atoms with E-state index >= 15 is 0 Å². The van der Waals surface area contributed by atoms with Crippen molar-refractivity contribution in [3.63, 3.8) is 0 Å². The summed E-state index contributed by atoms with van der Waals surface area (Å²) < 4.78 is 10.8. The van der Waals surface area contributed by atoms with E-state index in [1.807, 2.05) is 0 Å². The average molecular weight is 303 g/mol. The quantitative estimate of drug-likeness (QED) is 0.827. The van der Waals surface area contributed by atoms with Crippen LogP contribution < -0.4 is 10.1 Å². The highest BCUT2D eigenvalue weighted by Crippen LogP contribution is 2.47. The lowest BCUT2D eigenvalue weighted by Crippen LogP contribution is -2.44. The van der Waals surface area contributed by atoms with Crippen molar-refractivity contribution in [3.05, 3.63) is 36.4 Å². The molecule has 6 nitrogen and oxygen atoms in total. The van der Waals surface area contributed by atoms with Crippen LogP contribution in [0.15, 0.2) is 36.4 Å². The molecule has 0 aliphatic carbocycles. The summed E-state index contributed by atoms with van der Waals surface area (Å²) in [6.45, 7) is 1.74. The van der Waals surface area contributed by atoms with Gasteiger partial charge in [-0.3, -0.25) is 9.59 Å². The molecule has 2 N–H and O–H groups in total. The van der Waals surface area contributed by atoms with Crippen molar-refractivity contribution in [1.29, 1.82) is 0 Å². The molecule has 1 saturated heterocycles. The Morgan fingerprint density at radius 3 is 2.86 bits per heavy atom. The van der Waals surface area contributed by atoms with Crippen molar-refractivity contribution in [3.8, 4) is 5.75 Å². The van der Waals surface area contributed by atoms with E-state index in [9.17, 15) is 14.7 Å². The number of nitrogens with one attached hydrogen (secondary N) is 1. The first-order chi connectivity index (χ1) is 10.4. The Morgan fingerprint density at radius 2 is 2.18 bits per heavy atom. The lowest BCUT2D eigenvalue weighted by Gasteiger charge is -2.27. The smallest absolute Gasteiger partial charge is 0.310 e. The molecule has 1 amide bonds. The van der Waals surface area contributed by atoms with E-state index in [2.05, 4.69) is 5.32 Å². The Kier molecular flexibility index (Phi) is 3.41. The number of carboxylic acid groups (broad SMARTS) is 1. The van der Waals surface area contributed by atoms with Crippen LogP contribution in [-0.4, -0.2) is 35.8 Å². The van der Waals surface area contributed by atoms with E-state index < -0.39 is 29.5 Å². The maximum atomic E-state index is 12.6.